The van der Waals surface area contributed by atoms with Gasteiger partial charge in [-0.25, -0.2) is 0 Å². The van der Waals surface area contributed by atoms with E-state index in [9.17, 15) is 5.11 Å². The summed E-state index contributed by atoms with van der Waals surface area (Å²) in [6.45, 7) is 9.81. The molecular formula is C12H28N2O3. The molecule has 0 rings (SSSR count). The molecule has 5 nitrogen and oxygen atoms in total. The Morgan fingerprint density at radius 2 is 1.59 bits per heavy atom. The Morgan fingerprint density at radius 3 is 2.00 bits per heavy atom. The Morgan fingerprint density at radius 1 is 1.06 bits per heavy atom. The van der Waals surface area contributed by atoms with E-state index in [4.69, 9.17) is 15.2 Å². The molecule has 104 valence electrons. The van der Waals surface area contributed by atoms with E-state index in [-0.39, 0.29) is 0 Å². The summed E-state index contributed by atoms with van der Waals surface area (Å²) in [6.07, 6.45) is 0.297. The zero-order chi connectivity index (χ0) is 12.9. The molecule has 0 radical (unpaired) electrons. The maximum Gasteiger partial charge on any atom is 0.0674 e. The van der Waals surface area contributed by atoms with E-state index in [1.165, 1.54) is 0 Å². The normalized spacial score (nSPS) is 13.2. The van der Waals surface area contributed by atoms with Crippen molar-refractivity contribution >= 4 is 0 Å². The molecule has 1 atom stereocenters. The molecule has 0 saturated heterocycles. The molecule has 0 amide bonds. The van der Waals surface area contributed by atoms with Crippen LogP contribution >= 0.6 is 0 Å². The summed E-state index contributed by atoms with van der Waals surface area (Å²) in [5.74, 6) is 0. The molecule has 0 fully saturated rings. The first-order valence-electron chi connectivity index (χ1n) is 6.50. The molecule has 0 aromatic carbocycles. The third-order valence-corrected chi connectivity index (χ3v) is 2.56. The van der Waals surface area contributed by atoms with Gasteiger partial charge in [0, 0.05) is 39.4 Å². The molecule has 0 aromatic heterocycles. The summed E-state index contributed by atoms with van der Waals surface area (Å²) in [5, 5.41) is 9.44. The van der Waals surface area contributed by atoms with Crippen molar-refractivity contribution in [2.24, 2.45) is 5.73 Å². The first kappa shape index (κ1) is 16.8. The smallest absolute Gasteiger partial charge is 0.0674 e. The predicted molar refractivity (Wildman–Crippen MR) is 69.1 cm³/mol. The van der Waals surface area contributed by atoms with E-state index >= 15 is 0 Å². The minimum atomic E-state index is -0.406. The second kappa shape index (κ2) is 12.3. The van der Waals surface area contributed by atoms with Gasteiger partial charge in [-0.3, -0.25) is 4.90 Å². The van der Waals surface area contributed by atoms with Crippen LogP contribution in [-0.2, 0) is 9.47 Å². The third-order valence-electron chi connectivity index (χ3n) is 2.56. The van der Waals surface area contributed by atoms with Crippen LogP contribution in [0.1, 0.15) is 20.3 Å². The summed E-state index contributed by atoms with van der Waals surface area (Å²) in [4.78, 5) is 2.24. The summed E-state index contributed by atoms with van der Waals surface area (Å²) >= 11 is 0. The second-order valence-corrected chi connectivity index (χ2v) is 3.91. The number of rotatable bonds is 12. The predicted octanol–water partition coefficient (Wildman–Crippen LogP) is 0.0711. The van der Waals surface area contributed by atoms with E-state index in [0.717, 1.165) is 46.1 Å². The maximum absolute atomic E-state index is 9.44. The van der Waals surface area contributed by atoms with Crippen LogP contribution in [0.25, 0.3) is 0 Å². The van der Waals surface area contributed by atoms with Crippen LogP contribution in [0.3, 0.4) is 0 Å². The van der Waals surface area contributed by atoms with Gasteiger partial charge in [-0.1, -0.05) is 0 Å². The quantitative estimate of drug-likeness (QED) is 0.478. The van der Waals surface area contributed by atoms with Gasteiger partial charge in [0.15, 0.2) is 0 Å². The Labute approximate surface area is 105 Å². The highest BCUT2D eigenvalue weighted by atomic mass is 16.5. The van der Waals surface area contributed by atoms with Crippen LogP contribution in [0.5, 0.6) is 0 Å². The lowest BCUT2D eigenvalue weighted by Gasteiger charge is -2.23. The number of aliphatic hydroxyl groups is 1. The van der Waals surface area contributed by atoms with Crippen molar-refractivity contribution in [1.29, 1.82) is 0 Å². The summed E-state index contributed by atoms with van der Waals surface area (Å²) in [7, 11) is 0. The van der Waals surface area contributed by atoms with Gasteiger partial charge in [-0.2, -0.15) is 0 Å². The van der Waals surface area contributed by atoms with Gasteiger partial charge in [-0.15, -0.1) is 0 Å². The molecule has 17 heavy (non-hydrogen) atoms. The average Bonchev–Trinajstić information content (AvgIpc) is 2.35. The first-order chi connectivity index (χ1) is 8.24. The lowest BCUT2D eigenvalue weighted by Crippen LogP contribution is -2.35. The number of hydrogen-bond donors (Lipinski definition) is 2. The molecule has 5 heteroatoms. The van der Waals surface area contributed by atoms with E-state index in [2.05, 4.69) is 4.90 Å². The zero-order valence-corrected chi connectivity index (χ0v) is 11.2. The highest BCUT2D eigenvalue weighted by Gasteiger charge is 2.08. The molecular weight excluding hydrogens is 220 g/mol. The van der Waals surface area contributed by atoms with E-state index in [1.807, 2.05) is 13.8 Å². The van der Waals surface area contributed by atoms with Gasteiger partial charge in [0.05, 0.1) is 19.3 Å². The fourth-order valence-corrected chi connectivity index (χ4v) is 1.46. The highest BCUT2D eigenvalue weighted by molar-refractivity contribution is 4.63. The fourth-order valence-electron chi connectivity index (χ4n) is 1.46. The van der Waals surface area contributed by atoms with Gasteiger partial charge in [0.25, 0.3) is 0 Å². The zero-order valence-electron chi connectivity index (χ0n) is 11.2. The molecule has 0 bridgehead atoms. The Hall–Kier alpha value is -0.200. The molecule has 1 unspecified atom stereocenters. The molecule has 0 aliphatic carbocycles. The lowest BCUT2D eigenvalue weighted by molar-refractivity contribution is 0.0730. The number of nitrogens with zero attached hydrogens (tertiary/aromatic N) is 1. The SMILES string of the molecule is CCOCCN(CCOCC)CCC(O)CN. The Kier molecular flexibility index (Phi) is 12.1. The minimum absolute atomic E-state index is 0.324. The largest absolute Gasteiger partial charge is 0.392 e. The van der Waals surface area contributed by atoms with E-state index < -0.39 is 6.10 Å². The summed E-state index contributed by atoms with van der Waals surface area (Å²) in [5.41, 5.74) is 5.38. The van der Waals surface area contributed by atoms with Gasteiger partial charge < -0.3 is 20.3 Å². The van der Waals surface area contributed by atoms with Crippen LogP contribution in [0.4, 0.5) is 0 Å². The number of ether oxygens (including phenoxy) is 2. The highest BCUT2D eigenvalue weighted by Crippen LogP contribution is 1.96. The van der Waals surface area contributed by atoms with Crippen molar-refractivity contribution in [2.45, 2.75) is 26.4 Å². The topological polar surface area (TPSA) is 68.0 Å². The van der Waals surface area contributed by atoms with Crippen molar-refractivity contribution < 1.29 is 14.6 Å². The van der Waals surface area contributed by atoms with Gasteiger partial charge in [0.2, 0.25) is 0 Å². The van der Waals surface area contributed by atoms with Crippen molar-refractivity contribution in [3.05, 3.63) is 0 Å². The molecule has 0 aromatic rings. The second-order valence-electron chi connectivity index (χ2n) is 3.91. The third kappa shape index (κ3) is 10.7. The molecule has 0 aliphatic rings. The Bertz CT molecular complexity index is 149. The van der Waals surface area contributed by atoms with Crippen LogP contribution < -0.4 is 5.73 Å². The lowest BCUT2D eigenvalue weighted by atomic mass is 10.2. The molecule has 0 aliphatic heterocycles. The van der Waals surface area contributed by atoms with Crippen molar-refractivity contribution in [3.8, 4) is 0 Å². The maximum atomic E-state index is 9.44. The van der Waals surface area contributed by atoms with E-state index in [0.29, 0.717) is 13.0 Å². The fraction of sp³-hybridized carbons (Fsp3) is 1.00. The molecule has 0 spiro atoms. The van der Waals surface area contributed by atoms with Crippen LogP contribution in [0, 0.1) is 0 Å². The number of aliphatic hydroxyl groups excluding tert-OH is 1. The monoisotopic (exact) mass is 248 g/mol. The van der Waals surface area contributed by atoms with Gasteiger partial charge in [0.1, 0.15) is 0 Å². The molecule has 3 N–H and O–H groups in total. The average molecular weight is 248 g/mol. The van der Waals surface area contributed by atoms with Crippen molar-refractivity contribution in [2.75, 3.05) is 52.6 Å². The summed E-state index contributed by atoms with van der Waals surface area (Å²) < 4.78 is 10.7. The van der Waals surface area contributed by atoms with Crippen LogP contribution in [-0.4, -0.2) is 68.7 Å². The summed E-state index contributed by atoms with van der Waals surface area (Å²) in [6, 6.07) is 0. The van der Waals surface area contributed by atoms with Crippen molar-refractivity contribution in [1.82, 2.24) is 4.90 Å². The van der Waals surface area contributed by atoms with E-state index in [1.54, 1.807) is 0 Å². The minimum Gasteiger partial charge on any atom is -0.392 e. The van der Waals surface area contributed by atoms with Gasteiger partial charge in [-0.05, 0) is 20.3 Å². The van der Waals surface area contributed by atoms with Crippen LogP contribution in [0.15, 0.2) is 0 Å². The number of hydrogen-bond acceptors (Lipinski definition) is 5. The Balaban J connectivity index is 3.75. The number of nitrogens with two attached hydrogens (primary N) is 1. The molecule has 0 heterocycles. The first-order valence-corrected chi connectivity index (χ1v) is 6.50. The van der Waals surface area contributed by atoms with Gasteiger partial charge >= 0.3 is 0 Å². The van der Waals surface area contributed by atoms with Crippen LogP contribution in [0.2, 0.25) is 0 Å². The molecule has 0 saturated carbocycles. The van der Waals surface area contributed by atoms with Crippen molar-refractivity contribution in [3.63, 3.8) is 0 Å². The standard InChI is InChI=1S/C12H28N2O3/c1-3-16-9-7-14(8-10-17-4-2)6-5-12(15)11-13/h12,15H,3-11,13H2,1-2H3.